The van der Waals surface area contributed by atoms with E-state index in [0.29, 0.717) is 42.6 Å². The second-order valence-electron chi connectivity index (χ2n) is 7.88. The van der Waals surface area contributed by atoms with Crippen LogP contribution in [0.4, 0.5) is 10.1 Å². The van der Waals surface area contributed by atoms with Crippen LogP contribution in [0, 0.1) is 19.7 Å². The number of carbonyl (C=O) groups is 3. The summed E-state index contributed by atoms with van der Waals surface area (Å²) in [5.41, 5.74) is 1.60. The number of Topliss-reactive ketones (excluding diaryl/α,β-unsaturated/α-hetero) is 1. The molecule has 2 amide bonds. The minimum atomic E-state index is -0.734. The Morgan fingerprint density at radius 2 is 1.81 bits per heavy atom. The first-order chi connectivity index (χ1) is 14.6. The number of rotatable bonds is 5. The highest BCUT2D eigenvalue weighted by Gasteiger charge is 2.30. The molecule has 31 heavy (non-hydrogen) atoms. The van der Waals surface area contributed by atoms with Crippen LogP contribution >= 0.6 is 11.6 Å². The Bertz CT molecular complexity index is 1040. The molecule has 3 N–H and O–H groups in total. The number of nitrogens with one attached hydrogen (secondary N) is 2. The zero-order chi connectivity index (χ0) is 22.9. The molecular weight excluding hydrogens is 425 g/mol. The highest BCUT2D eigenvalue weighted by atomic mass is 35.5. The van der Waals surface area contributed by atoms with Gasteiger partial charge in [0.1, 0.15) is 5.82 Å². The van der Waals surface area contributed by atoms with Crippen LogP contribution in [-0.4, -0.2) is 39.4 Å². The zero-order valence-electron chi connectivity index (χ0n) is 17.6. The van der Waals surface area contributed by atoms with Gasteiger partial charge >= 0.3 is 0 Å². The summed E-state index contributed by atoms with van der Waals surface area (Å²) in [6, 6.07) is 3.66. The highest BCUT2D eigenvalue weighted by Crippen LogP contribution is 2.25. The van der Waals surface area contributed by atoms with E-state index in [9.17, 15) is 23.9 Å². The number of benzene rings is 1. The number of nitrogens with zero attached hydrogens (tertiary/aromatic N) is 1. The fraction of sp³-hybridized carbons (Fsp3) is 0.409. The molecule has 1 aromatic heterocycles. The molecule has 0 atom stereocenters. The first kappa shape index (κ1) is 23.0. The molecule has 1 saturated carbocycles. The molecule has 7 nitrogen and oxygen atoms in total. The second kappa shape index (κ2) is 9.20. The number of aromatic nitrogens is 1. The molecule has 0 bridgehead atoms. The van der Waals surface area contributed by atoms with Crippen molar-refractivity contribution < 1.29 is 23.9 Å². The van der Waals surface area contributed by atoms with Gasteiger partial charge < -0.3 is 20.3 Å². The van der Waals surface area contributed by atoms with Crippen molar-refractivity contribution in [1.29, 1.82) is 0 Å². The van der Waals surface area contributed by atoms with E-state index in [1.807, 2.05) is 0 Å². The fourth-order valence-electron chi connectivity index (χ4n) is 3.98. The summed E-state index contributed by atoms with van der Waals surface area (Å²) in [5.74, 6) is -2.55. The third-order valence-corrected chi connectivity index (χ3v) is 6.08. The van der Waals surface area contributed by atoms with Gasteiger partial charge in [0.05, 0.1) is 22.4 Å². The maximum Gasteiger partial charge on any atom is 0.294 e. The molecule has 0 spiro atoms. The minimum absolute atomic E-state index is 0.123. The van der Waals surface area contributed by atoms with E-state index in [1.54, 1.807) is 20.9 Å². The number of aliphatic hydroxyl groups excluding tert-OH is 1. The van der Waals surface area contributed by atoms with E-state index in [2.05, 4.69) is 10.6 Å². The first-order valence-electron chi connectivity index (χ1n) is 10.1. The number of hydrogen-bond acceptors (Lipinski definition) is 4. The van der Waals surface area contributed by atoms with Gasteiger partial charge in [0.2, 0.25) is 0 Å². The summed E-state index contributed by atoms with van der Waals surface area (Å²) >= 11 is 5.77. The number of carbonyl (C=O) groups excluding carboxylic acids is 3. The normalized spacial score (nSPS) is 18.5. The molecule has 1 aromatic carbocycles. The van der Waals surface area contributed by atoms with E-state index in [4.69, 9.17) is 11.6 Å². The Balaban J connectivity index is 1.80. The van der Waals surface area contributed by atoms with Crippen LogP contribution in [0.1, 0.15) is 57.8 Å². The Labute approximate surface area is 184 Å². The van der Waals surface area contributed by atoms with Gasteiger partial charge in [0.15, 0.2) is 0 Å². The predicted octanol–water partition coefficient (Wildman–Crippen LogP) is 3.29. The van der Waals surface area contributed by atoms with Gasteiger partial charge in [-0.05, 0) is 63.3 Å². The minimum Gasteiger partial charge on any atom is -0.393 e. The quantitative estimate of drug-likeness (QED) is 0.481. The van der Waals surface area contributed by atoms with Gasteiger partial charge in [-0.25, -0.2) is 4.39 Å². The predicted molar refractivity (Wildman–Crippen MR) is 115 cm³/mol. The molecular formula is C22H25ClFN3O4. The number of halogens is 2. The van der Waals surface area contributed by atoms with Crippen LogP contribution in [-0.2, 0) is 11.8 Å². The molecule has 1 heterocycles. The maximum atomic E-state index is 13.4. The SMILES string of the molecule is Cc1c(C(=O)Nc2ccc(F)c(Cl)c2)c(C)n(C)c1C(=O)C(=O)NC1CCC(O)CC1. The number of anilines is 1. The molecule has 0 aliphatic heterocycles. The van der Waals surface area contributed by atoms with Crippen molar-refractivity contribution >= 4 is 34.9 Å². The Hall–Kier alpha value is -2.71. The van der Waals surface area contributed by atoms with Crippen LogP contribution < -0.4 is 10.6 Å². The Kier molecular flexibility index (Phi) is 6.81. The van der Waals surface area contributed by atoms with Gasteiger partial charge in [-0.1, -0.05) is 11.6 Å². The summed E-state index contributed by atoms with van der Waals surface area (Å²) in [6.07, 6.45) is 2.02. The van der Waals surface area contributed by atoms with Crippen molar-refractivity contribution in [3.05, 3.63) is 51.6 Å². The highest BCUT2D eigenvalue weighted by molar-refractivity contribution is 6.43. The second-order valence-corrected chi connectivity index (χ2v) is 8.29. The van der Waals surface area contributed by atoms with Crippen molar-refractivity contribution in [2.75, 3.05) is 5.32 Å². The van der Waals surface area contributed by atoms with E-state index in [1.165, 1.54) is 16.7 Å². The topological polar surface area (TPSA) is 100 Å². The Morgan fingerprint density at radius 1 is 1.16 bits per heavy atom. The monoisotopic (exact) mass is 449 g/mol. The van der Waals surface area contributed by atoms with Crippen LogP contribution in [0.25, 0.3) is 0 Å². The Morgan fingerprint density at radius 3 is 2.42 bits per heavy atom. The van der Waals surface area contributed by atoms with Gasteiger partial charge in [-0.2, -0.15) is 0 Å². The van der Waals surface area contributed by atoms with Crippen molar-refractivity contribution in [2.24, 2.45) is 7.05 Å². The average molecular weight is 450 g/mol. The van der Waals surface area contributed by atoms with Crippen molar-refractivity contribution in [2.45, 2.75) is 51.7 Å². The smallest absolute Gasteiger partial charge is 0.294 e. The lowest BCUT2D eigenvalue weighted by molar-refractivity contribution is -0.118. The zero-order valence-corrected chi connectivity index (χ0v) is 18.3. The standard InChI is InChI=1S/C22H25ClFN3O4/c1-11-18(21(30)26-14-6-9-17(24)16(23)10-14)12(2)27(3)19(11)20(29)22(31)25-13-4-7-15(28)8-5-13/h6,9-10,13,15,28H,4-5,7-8H2,1-3H3,(H,25,31)(H,26,30). The van der Waals surface area contributed by atoms with Gasteiger partial charge in [-0.15, -0.1) is 0 Å². The van der Waals surface area contributed by atoms with E-state index < -0.39 is 23.4 Å². The van der Waals surface area contributed by atoms with Crippen molar-refractivity contribution in [3.8, 4) is 0 Å². The van der Waals surface area contributed by atoms with E-state index in [0.717, 1.165) is 6.07 Å². The summed E-state index contributed by atoms with van der Waals surface area (Å²) in [7, 11) is 1.62. The lowest BCUT2D eigenvalue weighted by Crippen LogP contribution is -2.42. The number of hydrogen-bond donors (Lipinski definition) is 3. The fourth-order valence-corrected chi connectivity index (χ4v) is 4.16. The number of ketones is 1. The largest absolute Gasteiger partial charge is 0.393 e. The molecule has 1 aliphatic rings. The third kappa shape index (κ3) is 4.80. The molecule has 2 aromatic rings. The van der Waals surface area contributed by atoms with Crippen LogP contribution in [0.2, 0.25) is 5.02 Å². The summed E-state index contributed by atoms with van der Waals surface area (Å²) in [5, 5.41) is 14.9. The first-order valence-corrected chi connectivity index (χ1v) is 10.4. The lowest BCUT2D eigenvalue weighted by atomic mass is 9.93. The van der Waals surface area contributed by atoms with Crippen LogP contribution in [0.3, 0.4) is 0 Å². The third-order valence-electron chi connectivity index (χ3n) is 5.79. The molecule has 166 valence electrons. The summed E-state index contributed by atoms with van der Waals surface area (Å²) in [6.45, 7) is 3.29. The van der Waals surface area contributed by atoms with Gasteiger partial charge in [0, 0.05) is 24.5 Å². The molecule has 1 aliphatic carbocycles. The maximum absolute atomic E-state index is 13.4. The number of aliphatic hydroxyl groups is 1. The molecule has 0 saturated heterocycles. The van der Waals surface area contributed by atoms with E-state index >= 15 is 0 Å². The van der Waals surface area contributed by atoms with Crippen LogP contribution in [0.15, 0.2) is 18.2 Å². The number of amides is 2. The van der Waals surface area contributed by atoms with Gasteiger partial charge in [0.25, 0.3) is 17.6 Å². The van der Waals surface area contributed by atoms with Gasteiger partial charge in [-0.3, -0.25) is 14.4 Å². The summed E-state index contributed by atoms with van der Waals surface area (Å²) < 4.78 is 14.9. The molecule has 1 fully saturated rings. The van der Waals surface area contributed by atoms with E-state index in [-0.39, 0.29) is 28.4 Å². The molecule has 9 heteroatoms. The molecule has 0 radical (unpaired) electrons. The molecule has 0 unspecified atom stereocenters. The average Bonchev–Trinajstić information content (AvgIpc) is 2.94. The lowest BCUT2D eigenvalue weighted by Gasteiger charge is -2.25. The summed E-state index contributed by atoms with van der Waals surface area (Å²) in [4.78, 5) is 38.3. The van der Waals surface area contributed by atoms with Crippen molar-refractivity contribution in [3.63, 3.8) is 0 Å². The molecule has 3 rings (SSSR count). The van der Waals surface area contributed by atoms with Crippen LogP contribution in [0.5, 0.6) is 0 Å². The van der Waals surface area contributed by atoms with Crippen molar-refractivity contribution in [1.82, 2.24) is 9.88 Å².